The number of nitrogens with zero attached hydrogens (tertiary/aromatic N) is 3. The van der Waals surface area contributed by atoms with Crippen LogP contribution in [0, 0.1) is 0 Å². The van der Waals surface area contributed by atoms with E-state index in [0.29, 0.717) is 10.0 Å². The summed E-state index contributed by atoms with van der Waals surface area (Å²) < 4.78 is 0. The van der Waals surface area contributed by atoms with Crippen molar-refractivity contribution in [1.29, 1.82) is 0 Å². The van der Waals surface area contributed by atoms with E-state index in [-0.39, 0.29) is 11.9 Å². The molecular weight excluding hydrogens is 357 g/mol. The van der Waals surface area contributed by atoms with Crippen LogP contribution in [0.2, 0.25) is 10.0 Å². The molecule has 2 saturated heterocycles. The van der Waals surface area contributed by atoms with Gasteiger partial charge in [-0.2, -0.15) is 0 Å². The van der Waals surface area contributed by atoms with Gasteiger partial charge < -0.3 is 14.7 Å². The van der Waals surface area contributed by atoms with Crippen LogP contribution in [0.3, 0.4) is 0 Å². The van der Waals surface area contributed by atoms with Crippen LogP contribution in [0.25, 0.3) is 0 Å². The highest BCUT2D eigenvalue weighted by Crippen LogP contribution is 2.29. The Hall–Kier alpha value is -0.970. The Morgan fingerprint density at radius 2 is 1.76 bits per heavy atom. The average Bonchev–Trinajstić information content (AvgIpc) is 2.62. The number of halogens is 2. The molecule has 0 radical (unpaired) electrons. The fourth-order valence-electron chi connectivity index (χ4n) is 3.84. The van der Waals surface area contributed by atoms with Gasteiger partial charge in [-0.3, -0.25) is 4.79 Å². The molecular formula is C19H27Cl2N3O. The van der Waals surface area contributed by atoms with Crippen molar-refractivity contribution in [3.8, 4) is 0 Å². The maximum absolute atomic E-state index is 12.8. The topological polar surface area (TPSA) is 26.8 Å². The van der Waals surface area contributed by atoms with Gasteiger partial charge in [0, 0.05) is 25.3 Å². The monoisotopic (exact) mass is 383 g/mol. The summed E-state index contributed by atoms with van der Waals surface area (Å²) in [7, 11) is 0. The van der Waals surface area contributed by atoms with Crippen LogP contribution >= 0.6 is 23.2 Å². The number of amides is 1. The Morgan fingerprint density at radius 3 is 2.48 bits per heavy atom. The number of piperazine rings is 1. The Bertz CT molecular complexity index is 604. The van der Waals surface area contributed by atoms with E-state index in [4.69, 9.17) is 23.2 Å². The maximum atomic E-state index is 12.8. The normalized spacial score (nSPS) is 22.5. The van der Waals surface area contributed by atoms with Gasteiger partial charge in [-0.25, -0.2) is 0 Å². The molecule has 0 spiro atoms. The Labute approximate surface area is 160 Å². The number of rotatable bonds is 5. The van der Waals surface area contributed by atoms with Crippen molar-refractivity contribution in [3.63, 3.8) is 0 Å². The highest BCUT2D eigenvalue weighted by Gasteiger charge is 2.31. The summed E-state index contributed by atoms with van der Waals surface area (Å²) in [5.74, 6) is 0.205. The summed E-state index contributed by atoms with van der Waals surface area (Å²) in [5, 5.41) is 1.07. The predicted molar refractivity (Wildman–Crippen MR) is 105 cm³/mol. The number of hydrogen-bond donors (Lipinski definition) is 0. The molecule has 0 aliphatic carbocycles. The largest absolute Gasteiger partial charge is 0.358 e. The number of hydrogen-bond acceptors (Lipinski definition) is 3. The van der Waals surface area contributed by atoms with Crippen LogP contribution in [-0.2, 0) is 4.79 Å². The number of carbonyl (C=O) groups is 1. The van der Waals surface area contributed by atoms with Crippen LogP contribution in [0.15, 0.2) is 18.2 Å². The van der Waals surface area contributed by atoms with Crippen molar-refractivity contribution in [2.75, 3.05) is 44.2 Å². The third-order valence-corrected chi connectivity index (χ3v) is 6.07. The third kappa shape index (κ3) is 4.60. The first-order chi connectivity index (χ1) is 12.1. The molecule has 6 heteroatoms. The number of piperidine rings is 1. The molecule has 138 valence electrons. The van der Waals surface area contributed by atoms with Gasteiger partial charge in [0.2, 0.25) is 5.91 Å². The average molecular weight is 384 g/mol. The van der Waals surface area contributed by atoms with Crippen molar-refractivity contribution >= 4 is 34.8 Å². The molecule has 4 nitrogen and oxygen atoms in total. The minimum atomic E-state index is -0.166. The van der Waals surface area contributed by atoms with E-state index < -0.39 is 0 Å². The molecule has 2 aliphatic rings. The Morgan fingerprint density at radius 1 is 1.00 bits per heavy atom. The van der Waals surface area contributed by atoms with E-state index >= 15 is 0 Å². The zero-order chi connectivity index (χ0) is 17.8. The van der Waals surface area contributed by atoms with Crippen LogP contribution in [0.4, 0.5) is 5.69 Å². The molecule has 2 aliphatic heterocycles. The molecule has 0 aromatic heterocycles. The van der Waals surface area contributed by atoms with E-state index in [2.05, 4.69) is 9.80 Å². The van der Waals surface area contributed by atoms with Crippen molar-refractivity contribution in [2.24, 2.45) is 0 Å². The summed E-state index contributed by atoms with van der Waals surface area (Å²) in [6.45, 7) is 7.97. The highest BCUT2D eigenvalue weighted by molar-refractivity contribution is 6.42. The Kier molecular flexibility index (Phi) is 6.48. The second-order valence-corrected chi connectivity index (χ2v) is 7.86. The van der Waals surface area contributed by atoms with Gasteiger partial charge in [-0.1, -0.05) is 29.6 Å². The van der Waals surface area contributed by atoms with E-state index in [0.717, 1.165) is 38.3 Å². The summed E-state index contributed by atoms with van der Waals surface area (Å²) in [4.78, 5) is 19.4. The first-order valence-corrected chi connectivity index (χ1v) is 10.0. The van der Waals surface area contributed by atoms with Gasteiger partial charge in [0.25, 0.3) is 0 Å². The quantitative estimate of drug-likeness (QED) is 0.770. The summed E-state index contributed by atoms with van der Waals surface area (Å²) in [5.41, 5.74) is 0.961. The predicted octanol–water partition coefficient (Wildman–Crippen LogP) is 3.91. The number of anilines is 1. The summed E-state index contributed by atoms with van der Waals surface area (Å²) in [6, 6.07) is 5.41. The summed E-state index contributed by atoms with van der Waals surface area (Å²) in [6.07, 6.45) is 5.06. The van der Waals surface area contributed by atoms with E-state index in [1.807, 2.05) is 24.0 Å². The van der Waals surface area contributed by atoms with E-state index in [1.54, 1.807) is 6.07 Å². The molecule has 1 aromatic carbocycles. The fraction of sp³-hybridized carbons (Fsp3) is 0.632. The number of likely N-dealkylation sites (tertiary alicyclic amines) is 1. The standard InChI is InChI=1S/C19H27Cl2N3O/c1-15-19(25)23(11-5-10-22-8-3-2-4-9-22)12-13-24(15)16-6-7-17(20)18(21)14-16/h6-7,14-15H,2-5,8-13H2,1H3. The lowest BCUT2D eigenvalue weighted by Gasteiger charge is -2.41. The van der Waals surface area contributed by atoms with Crippen LogP contribution < -0.4 is 4.90 Å². The van der Waals surface area contributed by atoms with Gasteiger partial charge >= 0.3 is 0 Å². The zero-order valence-corrected chi connectivity index (χ0v) is 16.4. The van der Waals surface area contributed by atoms with Gasteiger partial charge in [-0.15, -0.1) is 0 Å². The summed E-state index contributed by atoms with van der Waals surface area (Å²) >= 11 is 12.1. The molecule has 2 heterocycles. The van der Waals surface area contributed by atoms with Crippen molar-refractivity contribution < 1.29 is 4.79 Å². The molecule has 0 N–H and O–H groups in total. The first kappa shape index (κ1) is 18.8. The van der Waals surface area contributed by atoms with Crippen LogP contribution in [-0.4, -0.2) is 61.0 Å². The molecule has 1 amide bonds. The maximum Gasteiger partial charge on any atom is 0.245 e. The first-order valence-electron chi connectivity index (χ1n) is 9.29. The van der Waals surface area contributed by atoms with Crippen molar-refractivity contribution in [2.45, 2.75) is 38.6 Å². The second-order valence-electron chi connectivity index (χ2n) is 7.05. The lowest BCUT2D eigenvalue weighted by atomic mass is 10.1. The minimum Gasteiger partial charge on any atom is -0.358 e. The van der Waals surface area contributed by atoms with Crippen LogP contribution in [0.5, 0.6) is 0 Å². The fourth-order valence-corrected chi connectivity index (χ4v) is 4.13. The van der Waals surface area contributed by atoms with Crippen LogP contribution in [0.1, 0.15) is 32.6 Å². The molecule has 1 unspecified atom stereocenters. The van der Waals surface area contributed by atoms with Gasteiger partial charge in [0.1, 0.15) is 6.04 Å². The molecule has 0 saturated carbocycles. The molecule has 25 heavy (non-hydrogen) atoms. The second kappa shape index (κ2) is 8.61. The number of carbonyl (C=O) groups excluding carboxylic acids is 1. The smallest absolute Gasteiger partial charge is 0.245 e. The zero-order valence-electron chi connectivity index (χ0n) is 14.9. The molecule has 1 aromatic rings. The van der Waals surface area contributed by atoms with Crippen molar-refractivity contribution in [3.05, 3.63) is 28.2 Å². The molecule has 2 fully saturated rings. The highest BCUT2D eigenvalue weighted by atomic mass is 35.5. The van der Waals surface area contributed by atoms with Crippen molar-refractivity contribution in [1.82, 2.24) is 9.80 Å². The van der Waals surface area contributed by atoms with E-state index in [1.165, 1.54) is 32.4 Å². The van der Waals surface area contributed by atoms with Gasteiger partial charge in [-0.05, 0) is 64.0 Å². The van der Waals surface area contributed by atoms with Gasteiger partial charge in [0.05, 0.1) is 10.0 Å². The molecule has 1 atom stereocenters. The lowest BCUT2D eigenvalue weighted by molar-refractivity contribution is -0.134. The molecule has 0 bridgehead atoms. The lowest BCUT2D eigenvalue weighted by Crippen LogP contribution is -2.56. The molecule has 3 rings (SSSR count). The Balaban J connectivity index is 1.53. The SMILES string of the molecule is CC1C(=O)N(CCCN2CCCCC2)CCN1c1ccc(Cl)c(Cl)c1. The number of benzene rings is 1. The minimum absolute atomic E-state index is 0.166. The third-order valence-electron chi connectivity index (χ3n) is 5.33. The van der Waals surface area contributed by atoms with E-state index in [9.17, 15) is 4.79 Å². The van der Waals surface area contributed by atoms with Gasteiger partial charge in [0.15, 0.2) is 0 Å².